The summed E-state index contributed by atoms with van der Waals surface area (Å²) in [5.74, 6) is 0.244. The van der Waals surface area contributed by atoms with E-state index in [9.17, 15) is 8.42 Å². The number of aliphatic hydroxyl groups excluding tert-OH is 1. The van der Waals surface area contributed by atoms with Crippen LogP contribution in [0.5, 0.6) is 0 Å². The van der Waals surface area contributed by atoms with Crippen molar-refractivity contribution in [3.63, 3.8) is 0 Å². The number of sulfonamides is 1. The van der Waals surface area contributed by atoms with Gasteiger partial charge in [-0.3, -0.25) is 4.31 Å². The number of hydrogen-bond donors (Lipinski definition) is 1. The zero-order valence-corrected chi connectivity index (χ0v) is 11.6. The molecular formula is C14H15NO4S. The van der Waals surface area contributed by atoms with Crippen LogP contribution in [0.15, 0.2) is 45.9 Å². The highest BCUT2D eigenvalue weighted by atomic mass is 32.2. The lowest BCUT2D eigenvalue weighted by Gasteiger charge is -2.29. The van der Waals surface area contributed by atoms with Crippen molar-refractivity contribution < 1.29 is 17.9 Å². The van der Waals surface area contributed by atoms with Crippen LogP contribution in [0.1, 0.15) is 17.7 Å². The molecular weight excluding hydrogens is 278 g/mol. The second kappa shape index (κ2) is 4.96. The SMILES string of the molecule is O=S(=O)(c1ccc(CO)o1)N1CCCc2ccccc21. The number of nitrogens with zero attached hydrogens (tertiary/aromatic N) is 1. The first-order valence-electron chi connectivity index (χ1n) is 6.43. The fraction of sp³-hybridized carbons (Fsp3) is 0.286. The van der Waals surface area contributed by atoms with Crippen LogP contribution in [0.3, 0.4) is 0 Å². The highest BCUT2D eigenvalue weighted by Gasteiger charge is 2.31. The van der Waals surface area contributed by atoms with E-state index in [0.717, 1.165) is 18.4 Å². The summed E-state index contributed by atoms with van der Waals surface area (Å²) in [5, 5.41) is 8.86. The molecule has 0 aliphatic carbocycles. The van der Waals surface area contributed by atoms with Crippen molar-refractivity contribution in [1.82, 2.24) is 0 Å². The van der Waals surface area contributed by atoms with Gasteiger partial charge in [-0.25, -0.2) is 0 Å². The molecule has 0 spiro atoms. The summed E-state index contributed by atoms with van der Waals surface area (Å²) >= 11 is 0. The summed E-state index contributed by atoms with van der Waals surface area (Å²) in [6.45, 7) is 0.126. The molecule has 0 radical (unpaired) electrons. The number of furan rings is 1. The van der Waals surface area contributed by atoms with Gasteiger partial charge in [0, 0.05) is 6.54 Å². The van der Waals surface area contributed by atoms with Crippen LogP contribution in [0.2, 0.25) is 0 Å². The number of aliphatic hydroxyl groups is 1. The quantitative estimate of drug-likeness (QED) is 0.938. The lowest BCUT2D eigenvalue weighted by molar-refractivity contribution is 0.236. The van der Waals surface area contributed by atoms with E-state index in [-0.39, 0.29) is 17.5 Å². The Kier molecular flexibility index (Phi) is 3.27. The fourth-order valence-electron chi connectivity index (χ4n) is 2.44. The lowest BCUT2D eigenvalue weighted by atomic mass is 10.0. The first kappa shape index (κ1) is 13.2. The molecule has 106 valence electrons. The molecule has 0 atom stereocenters. The molecule has 1 N–H and O–H groups in total. The average Bonchev–Trinajstić information content (AvgIpc) is 2.96. The van der Waals surface area contributed by atoms with Crippen molar-refractivity contribution >= 4 is 15.7 Å². The second-order valence-corrected chi connectivity index (χ2v) is 6.48. The Bertz CT molecular complexity index is 720. The Balaban J connectivity index is 2.04. The summed E-state index contributed by atoms with van der Waals surface area (Å²) in [6, 6.07) is 10.3. The number of benzene rings is 1. The van der Waals surface area contributed by atoms with Gasteiger partial charge < -0.3 is 9.52 Å². The Morgan fingerprint density at radius 1 is 1.20 bits per heavy atom. The van der Waals surface area contributed by atoms with Gasteiger partial charge in [0.15, 0.2) is 0 Å². The molecule has 0 saturated carbocycles. The Morgan fingerprint density at radius 3 is 2.75 bits per heavy atom. The third-order valence-electron chi connectivity index (χ3n) is 3.40. The molecule has 1 aromatic carbocycles. The molecule has 1 aliphatic rings. The largest absolute Gasteiger partial charge is 0.445 e. The zero-order valence-electron chi connectivity index (χ0n) is 10.8. The van der Waals surface area contributed by atoms with Crippen molar-refractivity contribution in [2.45, 2.75) is 24.5 Å². The zero-order chi connectivity index (χ0) is 14.2. The fourth-order valence-corrected chi connectivity index (χ4v) is 3.92. The Morgan fingerprint density at radius 2 is 2.00 bits per heavy atom. The van der Waals surface area contributed by atoms with Crippen LogP contribution in [0, 0.1) is 0 Å². The topological polar surface area (TPSA) is 70.8 Å². The normalized spacial score (nSPS) is 15.2. The first-order valence-corrected chi connectivity index (χ1v) is 7.87. The van der Waals surface area contributed by atoms with E-state index in [1.165, 1.54) is 16.4 Å². The number of fused-ring (bicyclic) bond motifs is 1. The average molecular weight is 293 g/mol. The number of aryl methyl sites for hydroxylation is 1. The minimum absolute atomic E-state index is 0.127. The summed E-state index contributed by atoms with van der Waals surface area (Å²) in [6.07, 6.45) is 1.66. The van der Waals surface area contributed by atoms with Gasteiger partial charge in [0.05, 0.1) is 5.69 Å². The molecule has 5 nitrogen and oxygen atoms in total. The molecule has 3 rings (SSSR count). The maximum Gasteiger partial charge on any atom is 0.297 e. The van der Waals surface area contributed by atoms with Crippen molar-refractivity contribution in [1.29, 1.82) is 0 Å². The van der Waals surface area contributed by atoms with Gasteiger partial charge >= 0.3 is 0 Å². The van der Waals surface area contributed by atoms with Crippen molar-refractivity contribution in [2.75, 3.05) is 10.8 Å². The minimum Gasteiger partial charge on any atom is -0.445 e. The molecule has 0 bridgehead atoms. The van der Waals surface area contributed by atoms with Crippen LogP contribution in [0.4, 0.5) is 5.69 Å². The van der Waals surface area contributed by atoms with E-state index in [0.29, 0.717) is 12.2 Å². The van der Waals surface area contributed by atoms with Crippen molar-refractivity contribution in [3.8, 4) is 0 Å². The number of hydrogen-bond acceptors (Lipinski definition) is 4. The highest BCUT2D eigenvalue weighted by Crippen LogP contribution is 2.32. The number of para-hydroxylation sites is 1. The van der Waals surface area contributed by atoms with E-state index >= 15 is 0 Å². The Labute approximate surface area is 117 Å². The first-order chi connectivity index (χ1) is 9.63. The maximum atomic E-state index is 12.6. The van der Waals surface area contributed by atoms with E-state index in [2.05, 4.69) is 0 Å². The summed E-state index contributed by atoms with van der Waals surface area (Å²) in [4.78, 5) is 0. The number of rotatable bonds is 3. The molecule has 0 unspecified atom stereocenters. The summed E-state index contributed by atoms with van der Waals surface area (Å²) in [7, 11) is -3.71. The third kappa shape index (κ3) is 2.10. The molecule has 0 amide bonds. The molecule has 2 heterocycles. The van der Waals surface area contributed by atoms with Gasteiger partial charge in [-0.05, 0) is 36.6 Å². The second-order valence-electron chi connectivity index (χ2n) is 4.69. The van der Waals surface area contributed by atoms with E-state index in [1.54, 1.807) is 0 Å². The van der Waals surface area contributed by atoms with Crippen LogP contribution in [-0.4, -0.2) is 20.1 Å². The molecule has 2 aromatic rings. The summed E-state index contributed by atoms with van der Waals surface area (Å²) < 4.78 is 31.8. The van der Waals surface area contributed by atoms with E-state index in [4.69, 9.17) is 9.52 Å². The van der Waals surface area contributed by atoms with Gasteiger partial charge in [0.25, 0.3) is 10.0 Å². The Hall–Kier alpha value is -1.79. The maximum absolute atomic E-state index is 12.6. The monoisotopic (exact) mass is 293 g/mol. The predicted octanol–water partition coefficient (Wildman–Crippen LogP) is 1.91. The van der Waals surface area contributed by atoms with Crippen LogP contribution in [-0.2, 0) is 23.1 Å². The molecule has 0 saturated heterocycles. The molecule has 20 heavy (non-hydrogen) atoms. The van der Waals surface area contributed by atoms with Gasteiger partial charge in [0.1, 0.15) is 12.4 Å². The molecule has 0 fully saturated rings. The minimum atomic E-state index is -3.71. The van der Waals surface area contributed by atoms with Crippen molar-refractivity contribution in [2.24, 2.45) is 0 Å². The van der Waals surface area contributed by atoms with Crippen LogP contribution in [0.25, 0.3) is 0 Å². The van der Waals surface area contributed by atoms with Gasteiger partial charge in [-0.15, -0.1) is 0 Å². The third-order valence-corrected chi connectivity index (χ3v) is 5.09. The molecule has 1 aromatic heterocycles. The lowest BCUT2D eigenvalue weighted by Crippen LogP contribution is -2.35. The van der Waals surface area contributed by atoms with Gasteiger partial charge in [-0.1, -0.05) is 18.2 Å². The van der Waals surface area contributed by atoms with E-state index < -0.39 is 10.0 Å². The van der Waals surface area contributed by atoms with Crippen LogP contribution < -0.4 is 4.31 Å². The van der Waals surface area contributed by atoms with Gasteiger partial charge in [0.2, 0.25) is 5.09 Å². The van der Waals surface area contributed by atoms with Crippen molar-refractivity contribution in [3.05, 3.63) is 47.7 Å². The molecule has 6 heteroatoms. The number of anilines is 1. The van der Waals surface area contributed by atoms with Gasteiger partial charge in [-0.2, -0.15) is 8.42 Å². The molecule has 1 aliphatic heterocycles. The predicted molar refractivity (Wildman–Crippen MR) is 73.9 cm³/mol. The standard InChI is InChI=1S/C14H15NO4S/c16-10-12-7-8-14(19-12)20(17,18)15-9-3-5-11-4-1-2-6-13(11)15/h1-2,4,6-8,16H,3,5,9-10H2. The highest BCUT2D eigenvalue weighted by molar-refractivity contribution is 7.92. The smallest absolute Gasteiger partial charge is 0.297 e. The summed E-state index contributed by atoms with van der Waals surface area (Å²) in [5.41, 5.74) is 1.73. The van der Waals surface area contributed by atoms with Crippen LogP contribution >= 0.6 is 0 Å². The van der Waals surface area contributed by atoms with E-state index in [1.807, 2.05) is 24.3 Å².